The van der Waals surface area contributed by atoms with Crippen molar-refractivity contribution in [2.75, 3.05) is 5.32 Å². The van der Waals surface area contributed by atoms with Crippen LogP contribution in [0.15, 0.2) is 36.7 Å². The van der Waals surface area contributed by atoms with E-state index in [1.807, 2.05) is 38.1 Å². The smallest absolute Gasteiger partial charge is 0.226 e. The molecule has 7 nitrogen and oxygen atoms in total. The van der Waals surface area contributed by atoms with Gasteiger partial charge in [0.25, 0.3) is 0 Å². The van der Waals surface area contributed by atoms with E-state index >= 15 is 0 Å². The second-order valence-corrected chi connectivity index (χ2v) is 5.85. The second-order valence-electron chi connectivity index (χ2n) is 5.85. The first kappa shape index (κ1) is 15.7. The number of nitrogens with one attached hydrogen (secondary N) is 3. The zero-order chi connectivity index (χ0) is 17.3. The van der Waals surface area contributed by atoms with Crippen molar-refractivity contribution >= 4 is 28.3 Å². The highest BCUT2D eigenvalue weighted by atomic mass is 16.1. The van der Waals surface area contributed by atoms with Crippen LogP contribution in [0.4, 0.5) is 5.69 Å². The number of fused-ring (bicyclic) bond motifs is 1. The molecule has 1 aromatic carbocycles. The first-order valence-electron chi connectivity index (χ1n) is 7.54. The van der Waals surface area contributed by atoms with E-state index in [1.165, 1.54) is 0 Å². The molecule has 2 aromatic heterocycles. The predicted octanol–water partition coefficient (Wildman–Crippen LogP) is 2.50. The van der Waals surface area contributed by atoms with Gasteiger partial charge in [-0.2, -0.15) is 5.10 Å². The van der Waals surface area contributed by atoms with Crippen molar-refractivity contribution in [2.45, 2.75) is 13.8 Å². The summed E-state index contributed by atoms with van der Waals surface area (Å²) >= 11 is 0. The molecule has 0 saturated carbocycles. The monoisotopic (exact) mass is 322 g/mol. The van der Waals surface area contributed by atoms with E-state index in [2.05, 4.69) is 20.5 Å². The molecule has 2 heterocycles. The number of hydrogen-bond donors (Lipinski definition) is 4. The summed E-state index contributed by atoms with van der Waals surface area (Å²) in [5.41, 5.74) is 9.19. The number of carbonyl (C=O) groups excluding carboxylic acids is 1. The van der Waals surface area contributed by atoms with Gasteiger partial charge in [0.2, 0.25) is 5.91 Å². The number of nitrogens with two attached hydrogens (primary N) is 1. The minimum absolute atomic E-state index is 0.0573. The maximum absolute atomic E-state index is 11.8. The maximum Gasteiger partial charge on any atom is 0.226 e. The maximum atomic E-state index is 11.8. The topological polar surface area (TPSA) is 121 Å². The van der Waals surface area contributed by atoms with Crippen molar-refractivity contribution in [3.63, 3.8) is 0 Å². The van der Waals surface area contributed by atoms with Gasteiger partial charge in [-0.15, -0.1) is 0 Å². The Kier molecular flexibility index (Phi) is 3.99. The Hall–Kier alpha value is -3.22. The molecule has 24 heavy (non-hydrogen) atoms. The molecule has 3 aromatic rings. The molecule has 0 aliphatic carbocycles. The molecule has 3 rings (SSSR count). The lowest BCUT2D eigenvalue weighted by atomic mass is 10.0. The van der Waals surface area contributed by atoms with Gasteiger partial charge in [-0.25, -0.2) is 0 Å². The van der Waals surface area contributed by atoms with E-state index in [1.54, 1.807) is 12.4 Å². The van der Waals surface area contributed by atoms with E-state index in [9.17, 15) is 4.79 Å². The molecule has 0 atom stereocenters. The van der Waals surface area contributed by atoms with Crippen molar-refractivity contribution in [3.05, 3.63) is 42.4 Å². The number of nitrogen functional groups attached to an aromatic ring is 1. The fourth-order valence-corrected chi connectivity index (χ4v) is 2.35. The number of nitrogens with zero attached hydrogens (tertiary/aromatic N) is 2. The molecular weight excluding hydrogens is 304 g/mol. The Morgan fingerprint density at radius 3 is 2.75 bits per heavy atom. The number of aromatic nitrogens is 3. The van der Waals surface area contributed by atoms with E-state index in [4.69, 9.17) is 11.1 Å². The Morgan fingerprint density at radius 2 is 2.04 bits per heavy atom. The fourth-order valence-electron chi connectivity index (χ4n) is 2.35. The molecule has 122 valence electrons. The van der Waals surface area contributed by atoms with Crippen LogP contribution in [0, 0.1) is 11.3 Å². The molecule has 0 aliphatic heterocycles. The SMILES string of the molecule is CC(C)C(=O)Nc1cncc(-c2ccc3[nH]nc(C(=N)N)c3c2)c1. The highest BCUT2D eigenvalue weighted by Gasteiger charge is 2.11. The van der Waals surface area contributed by atoms with Crippen LogP contribution in [-0.4, -0.2) is 26.9 Å². The number of aromatic amines is 1. The molecule has 0 aliphatic rings. The third-order valence-corrected chi connectivity index (χ3v) is 3.68. The summed E-state index contributed by atoms with van der Waals surface area (Å²) in [6, 6.07) is 7.57. The molecule has 0 radical (unpaired) electrons. The second kappa shape index (κ2) is 6.11. The van der Waals surface area contributed by atoms with Crippen LogP contribution in [0.25, 0.3) is 22.0 Å². The van der Waals surface area contributed by atoms with E-state index < -0.39 is 0 Å². The van der Waals surface area contributed by atoms with E-state index in [0.29, 0.717) is 11.4 Å². The number of H-pyrrole nitrogens is 1. The van der Waals surface area contributed by atoms with Gasteiger partial charge in [-0.1, -0.05) is 19.9 Å². The summed E-state index contributed by atoms with van der Waals surface area (Å²) in [6.07, 6.45) is 3.33. The lowest BCUT2D eigenvalue weighted by Crippen LogP contribution is -2.17. The number of anilines is 1. The molecule has 1 amide bonds. The normalized spacial score (nSPS) is 11.0. The lowest BCUT2D eigenvalue weighted by molar-refractivity contribution is -0.118. The van der Waals surface area contributed by atoms with Gasteiger partial charge in [0.1, 0.15) is 11.5 Å². The fraction of sp³-hybridized carbons (Fsp3) is 0.176. The van der Waals surface area contributed by atoms with Crippen LogP contribution in [-0.2, 0) is 4.79 Å². The minimum Gasteiger partial charge on any atom is -0.382 e. The molecule has 0 bridgehead atoms. The number of carbonyl (C=O) groups is 1. The molecule has 0 fully saturated rings. The standard InChI is InChI=1S/C17H18N6O/c1-9(2)17(24)21-12-5-11(7-20-8-12)10-3-4-14-13(6-10)15(16(18)19)23-22-14/h3-9H,1-2H3,(H3,18,19)(H,21,24)(H,22,23). The van der Waals surface area contributed by atoms with Gasteiger partial charge < -0.3 is 11.1 Å². The van der Waals surface area contributed by atoms with E-state index in [0.717, 1.165) is 22.0 Å². The van der Waals surface area contributed by atoms with Crippen molar-refractivity contribution in [3.8, 4) is 11.1 Å². The first-order valence-corrected chi connectivity index (χ1v) is 7.54. The number of amidine groups is 1. The molecule has 0 unspecified atom stereocenters. The summed E-state index contributed by atoms with van der Waals surface area (Å²) in [5, 5.41) is 18.1. The number of benzene rings is 1. The minimum atomic E-state index is -0.103. The van der Waals surface area contributed by atoms with Crippen LogP contribution in [0.5, 0.6) is 0 Å². The zero-order valence-corrected chi connectivity index (χ0v) is 13.4. The number of hydrogen-bond acceptors (Lipinski definition) is 4. The van der Waals surface area contributed by atoms with Crippen LogP contribution in [0.1, 0.15) is 19.5 Å². The summed E-state index contributed by atoms with van der Waals surface area (Å²) in [4.78, 5) is 16.0. The van der Waals surface area contributed by atoms with Gasteiger partial charge in [-0.3, -0.25) is 20.3 Å². The van der Waals surface area contributed by atoms with Gasteiger partial charge in [0.15, 0.2) is 0 Å². The average molecular weight is 322 g/mol. The zero-order valence-electron chi connectivity index (χ0n) is 13.4. The largest absolute Gasteiger partial charge is 0.382 e. The highest BCUT2D eigenvalue weighted by molar-refractivity contribution is 6.06. The lowest BCUT2D eigenvalue weighted by Gasteiger charge is -2.09. The molecule has 7 heteroatoms. The molecular formula is C17H18N6O. The quantitative estimate of drug-likeness (QED) is 0.435. The van der Waals surface area contributed by atoms with Crippen LogP contribution < -0.4 is 11.1 Å². The molecule has 5 N–H and O–H groups in total. The molecule has 0 saturated heterocycles. The number of rotatable bonds is 4. The third-order valence-electron chi connectivity index (χ3n) is 3.68. The summed E-state index contributed by atoms with van der Waals surface area (Å²) in [7, 11) is 0. The van der Waals surface area contributed by atoms with Crippen molar-refractivity contribution < 1.29 is 4.79 Å². The first-order chi connectivity index (χ1) is 11.5. The van der Waals surface area contributed by atoms with Crippen LogP contribution >= 0.6 is 0 Å². The van der Waals surface area contributed by atoms with Gasteiger partial charge >= 0.3 is 0 Å². The summed E-state index contributed by atoms with van der Waals surface area (Å²) in [5.74, 6) is -0.248. The van der Waals surface area contributed by atoms with Gasteiger partial charge in [0.05, 0.1) is 17.4 Å². The van der Waals surface area contributed by atoms with Gasteiger partial charge in [0, 0.05) is 23.1 Å². The van der Waals surface area contributed by atoms with Crippen LogP contribution in [0.2, 0.25) is 0 Å². The Morgan fingerprint density at radius 1 is 1.25 bits per heavy atom. The Labute approximate surface area is 138 Å². The van der Waals surface area contributed by atoms with E-state index in [-0.39, 0.29) is 17.7 Å². The van der Waals surface area contributed by atoms with Crippen LogP contribution in [0.3, 0.4) is 0 Å². The summed E-state index contributed by atoms with van der Waals surface area (Å²) < 4.78 is 0. The number of pyridine rings is 1. The Bertz CT molecular complexity index is 928. The average Bonchev–Trinajstić information content (AvgIpc) is 2.98. The van der Waals surface area contributed by atoms with Gasteiger partial charge in [-0.05, 0) is 23.8 Å². The Balaban J connectivity index is 1.99. The van der Waals surface area contributed by atoms with Crippen molar-refractivity contribution in [1.82, 2.24) is 15.2 Å². The highest BCUT2D eigenvalue weighted by Crippen LogP contribution is 2.26. The van der Waals surface area contributed by atoms with Crippen molar-refractivity contribution in [1.29, 1.82) is 5.41 Å². The molecule has 0 spiro atoms. The predicted molar refractivity (Wildman–Crippen MR) is 93.8 cm³/mol. The summed E-state index contributed by atoms with van der Waals surface area (Å²) in [6.45, 7) is 3.67. The number of amides is 1. The van der Waals surface area contributed by atoms with Crippen molar-refractivity contribution in [2.24, 2.45) is 11.7 Å². The third kappa shape index (κ3) is 2.96.